The summed E-state index contributed by atoms with van der Waals surface area (Å²) in [4.78, 5) is 18.2. The average Bonchev–Trinajstić information content (AvgIpc) is 3.09. The van der Waals surface area contributed by atoms with Gasteiger partial charge < -0.3 is 18.9 Å². The van der Waals surface area contributed by atoms with E-state index in [0.29, 0.717) is 18.6 Å². The van der Waals surface area contributed by atoms with Crippen LogP contribution in [-0.2, 0) is 14.0 Å². The monoisotopic (exact) mass is 392 g/mol. The minimum Gasteiger partial charge on any atom is -0.444 e. The molecule has 8 heteroatoms. The molecule has 2 aliphatic rings. The molecule has 1 aromatic heterocycles. The van der Waals surface area contributed by atoms with Crippen molar-refractivity contribution >= 4 is 18.7 Å². The van der Waals surface area contributed by atoms with Crippen LogP contribution in [0.1, 0.15) is 66.5 Å². The van der Waals surface area contributed by atoms with E-state index in [4.69, 9.17) is 14.0 Å². The molecular formula is C20H30BFN2O4. The predicted octanol–water partition coefficient (Wildman–Crippen LogP) is 3.24. The summed E-state index contributed by atoms with van der Waals surface area (Å²) < 4.78 is 31.9. The number of carbonyl (C=O) groups is 1. The highest BCUT2D eigenvalue weighted by Crippen LogP contribution is 2.37. The van der Waals surface area contributed by atoms with Gasteiger partial charge in [-0.3, -0.25) is 4.98 Å². The number of pyridine rings is 1. The van der Waals surface area contributed by atoms with Gasteiger partial charge in [0.2, 0.25) is 0 Å². The van der Waals surface area contributed by atoms with E-state index in [1.165, 1.54) is 6.20 Å². The summed E-state index contributed by atoms with van der Waals surface area (Å²) in [5, 5.41) is 0. The minimum absolute atomic E-state index is 0.0225. The smallest absolute Gasteiger partial charge is 0.444 e. The average molecular weight is 392 g/mol. The van der Waals surface area contributed by atoms with E-state index in [9.17, 15) is 9.18 Å². The Morgan fingerprint density at radius 2 is 1.89 bits per heavy atom. The number of carbonyl (C=O) groups excluding carboxylic acids is 1. The summed E-state index contributed by atoms with van der Waals surface area (Å²) in [5.74, 6) is -0.432. The van der Waals surface area contributed by atoms with E-state index < -0.39 is 29.7 Å². The molecule has 2 saturated heterocycles. The third kappa shape index (κ3) is 4.18. The van der Waals surface area contributed by atoms with E-state index >= 15 is 0 Å². The van der Waals surface area contributed by atoms with Gasteiger partial charge in [-0.1, -0.05) is 0 Å². The van der Waals surface area contributed by atoms with Gasteiger partial charge in [0, 0.05) is 30.2 Å². The zero-order valence-corrected chi connectivity index (χ0v) is 17.8. The van der Waals surface area contributed by atoms with Crippen LogP contribution in [0.3, 0.4) is 0 Å². The second-order valence-electron chi connectivity index (χ2n) is 9.63. The van der Waals surface area contributed by atoms with Crippen LogP contribution in [0.15, 0.2) is 12.3 Å². The zero-order valence-electron chi connectivity index (χ0n) is 17.8. The highest BCUT2D eigenvalue weighted by molar-refractivity contribution is 6.62. The van der Waals surface area contributed by atoms with Crippen LogP contribution in [0.2, 0.25) is 0 Å². The summed E-state index contributed by atoms with van der Waals surface area (Å²) >= 11 is 0. The van der Waals surface area contributed by atoms with Gasteiger partial charge in [0.1, 0.15) is 11.4 Å². The number of ether oxygens (including phenoxy) is 1. The van der Waals surface area contributed by atoms with Crippen molar-refractivity contribution in [1.29, 1.82) is 0 Å². The Hall–Kier alpha value is -1.67. The van der Waals surface area contributed by atoms with Crippen molar-refractivity contribution in [2.75, 3.05) is 13.1 Å². The van der Waals surface area contributed by atoms with Crippen LogP contribution < -0.4 is 5.46 Å². The van der Waals surface area contributed by atoms with Gasteiger partial charge in [-0.15, -0.1) is 0 Å². The quantitative estimate of drug-likeness (QED) is 0.724. The van der Waals surface area contributed by atoms with Crippen LogP contribution in [0, 0.1) is 5.82 Å². The van der Waals surface area contributed by atoms with Crippen LogP contribution in [-0.4, -0.2) is 53.0 Å². The molecule has 0 aliphatic carbocycles. The zero-order chi connectivity index (χ0) is 20.9. The topological polar surface area (TPSA) is 60.9 Å². The maximum Gasteiger partial charge on any atom is 0.497 e. The standard InChI is InChI=1S/C20H30BFN2O4/c1-18(2,3)26-17(25)24-9-8-13(12-24)16-10-14(15(22)11-23-16)21-27-19(4,5)20(6,7)28-21/h10-11,13H,8-9,12H2,1-7H3. The number of aromatic nitrogens is 1. The number of amides is 1. The van der Waals surface area contributed by atoms with Crippen molar-refractivity contribution in [2.24, 2.45) is 0 Å². The van der Waals surface area contributed by atoms with Crippen molar-refractivity contribution in [1.82, 2.24) is 9.88 Å². The lowest BCUT2D eigenvalue weighted by Gasteiger charge is -2.32. The summed E-state index contributed by atoms with van der Waals surface area (Å²) in [5.41, 5.74) is -0.549. The number of rotatable bonds is 2. The van der Waals surface area contributed by atoms with Crippen molar-refractivity contribution in [3.8, 4) is 0 Å². The number of likely N-dealkylation sites (tertiary alicyclic amines) is 1. The number of halogens is 1. The lowest BCUT2D eigenvalue weighted by molar-refractivity contribution is 0.00578. The fourth-order valence-corrected chi connectivity index (χ4v) is 3.34. The predicted molar refractivity (Wildman–Crippen MR) is 105 cm³/mol. The Balaban J connectivity index is 1.75. The first kappa shape index (κ1) is 21.1. The maximum absolute atomic E-state index is 14.5. The second-order valence-corrected chi connectivity index (χ2v) is 9.63. The van der Waals surface area contributed by atoms with Crippen LogP contribution in [0.4, 0.5) is 9.18 Å². The normalized spacial score (nSPS) is 23.9. The molecule has 1 atom stereocenters. The molecule has 28 heavy (non-hydrogen) atoms. The van der Waals surface area contributed by atoms with Crippen molar-refractivity contribution in [3.63, 3.8) is 0 Å². The van der Waals surface area contributed by atoms with Crippen molar-refractivity contribution in [2.45, 2.75) is 77.6 Å². The van der Waals surface area contributed by atoms with E-state index in [2.05, 4.69) is 4.98 Å². The second kappa shape index (κ2) is 6.99. The summed E-state index contributed by atoms with van der Waals surface area (Å²) in [6, 6.07) is 1.71. The summed E-state index contributed by atoms with van der Waals surface area (Å²) in [6.45, 7) is 14.3. The largest absolute Gasteiger partial charge is 0.497 e. The molecule has 0 bridgehead atoms. The van der Waals surface area contributed by atoms with Gasteiger partial charge in [0.05, 0.1) is 17.4 Å². The van der Waals surface area contributed by atoms with Gasteiger partial charge in [-0.05, 0) is 61.0 Å². The van der Waals surface area contributed by atoms with Gasteiger partial charge in [-0.25, -0.2) is 9.18 Å². The molecule has 6 nitrogen and oxygen atoms in total. The molecule has 3 heterocycles. The number of hydrogen-bond donors (Lipinski definition) is 0. The lowest BCUT2D eigenvalue weighted by atomic mass is 9.78. The molecule has 1 unspecified atom stereocenters. The van der Waals surface area contributed by atoms with Crippen molar-refractivity contribution < 1.29 is 23.2 Å². The number of hydrogen-bond acceptors (Lipinski definition) is 5. The molecule has 0 radical (unpaired) electrons. The SMILES string of the molecule is CC(C)(C)OC(=O)N1CCC(c2cc(B3OC(C)(C)C(C)(C)O3)c(F)cn2)C1. The Morgan fingerprint density at radius 1 is 1.29 bits per heavy atom. The van der Waals surface area contributed by atoms with Gasteiger partial charge in [0.25, 0.3) is 0 Å². The first-order chi connectivity index (χ1) is 12.8. The summed E-state index contributed by atoms with van der Waals surface area (Å²) in [7, 11) is -0.782. The molecule has 154 valence electrons. The Kier molecular flexibility index (Phi) is 5.25. The Morgan fingerprint density at radius 3 is 2.46 bits per heavy atom. The van der Waals surface area contributed by atoms with Crippen LogP contribution >= 0.6 is 0 Å². The fraction of sp³-hybridized carbons (Fsp3) is 0.700. The highest BCUT2D eigenvalue weighted by Gasteiger charge is 2.52. The van der Waals surface area contributed by atoms with Crippen LogP contribution in [0.25, 0.3) is 0 Å². The third-order valence-electron chi connectivity index (χ3n) is 5.67. The van der Waals surface area contributed by atoms with E-state index in [1.807, 2.05) is 48.5 Å². The molecule has 1 aromatic rings. The molecular weight excluding hydrogens is 362 g/mol. The van der Waals surface area contributed by atoms with Gasteiger partial charge >= 0.3 is 13.2 Å². The molecule has 0 N–H and O–H groups in total. The van der Waals surface area contributed by atoms with Crippen molar-refractivity contribution in [3.05, 3.63) is 23.8 Å². The van der Waals surface area contributed by atoms with E-state index in [1.54, 1.807) is 11.0 Å². The minimum atomic E-state index is -0.782. The molecule has 0 aromatic carbocycles. The van der Waals surface area contributed by atoms with Crippen LogP contribution in [0.5, 0.6) is 0 Å². The molecule has 0 spiro atoms. The molecule has 2 aliphatic heterocycles. The Bertz CT molecular complexity index is 747. The van der Waals surface area contributed by atoms with Gasteiger partial charge in [-0.2, -0.15) is 0 Å². The highest BCUT2D eigenvalue weighted by atomic mass is 19.1. The molecule has 1 amide bonds. The summed E-state index contributed by atoms with van der Waals surface area (Å²) in [6.07, 6.45) is 1.63. The van der Waals surface area contributed by atoms with E-state index in [0.717, 1.165) is 12.1 Å². The van der Waals surface area contributed by atoms with Gasteiger partial charge in [0.15, 0.2) is 0 Å². The maximum atomic E-state index is 14.5. The molecule has 0 saturated carbocycles. The number of nitrogens with zero attached hydrogens (tertiary/aromatic N) is 2. The third-order valence-corrected chi connectivity index (χ3v) is 5.67. The molecule has 3 rings (SSSR count). The van der Waals surface area contributed by atoms with E-state index in [-0.39, 0.29) is 12.0 Å². The lowest BCUT2D eigenvalue weighted by Crippen LogP contribution is -2.41. The first-order valence-electron chi connectivity index (χ1n) is 9.78. The Labute approximate surface area is 166 Å². The fourth-order valence-electron chi connectivity index (χ4n) is 3.34. The first-order valence-corrected chi connectivity index (χ1v) is 9.78. The molecule has 2 fully saturated rings.